The highest BCUT2D eigenvalue weighted by atomic mass is 32.2. The molecule has 1 atom stereocenters. The van der Waals surface area contributed by atoms with Crippen molar-refractivity contribution in [3.63, 3.8) is 0 Å². The predicted molar refractivity (Wildman–Crippen MR) is 80.4 cm³/mol. The van der Waals surface area contributed by atoms with Crippen molar-refractivity contribution in [1.82, 2.24) is 24.5 Å². The summed E-state index contributed by atoms with van der Waals surface area (Å²) in [5.74, 6) is 1.45. The first-order chi connectivity index (χ1) is 10.1. The Kier molecular flexibility index (Phi) is 5.38. The summed E-state index contributed by atoms with van der Waals surface area (Å²) < 4.78 is 3.30. The number of thioether (sulfide) groups is 1. The lowest BCUT2D eigenvalue weighted by atomic mass is 10.1. The Morgan fingerprint density at radius 1 is 1.52 bits per heavy atom. The highest BCUT2D eigenvalue weighted by Gasteiger charge is 2.18. The molecule has 0 aromatic carbocycles. The first-order valence-electron chi connectivity index (χ1n) is 6.72. The Balaban J connectivity index is 2.17. The lowest BCUT2D eigenvalue weighted by molar-refractivity contribution is -0.137. The molecular weight excluding hydrogens is 290 g/mol. The maximum absolute atomic E-state index is 11.0. The second-order valence-corrected chi connectivity index (χ2v) is 5.80. The molecule has 8 heteroatoms. The van der Waals surface area contributed by atoms with E-state index in [2.05, 4.69) is 15.2 Å². The van der Waals surface area contributed by atoms with Crippen LogP contribution < -0.4 is 0 Å². The summed E-state index contributed by atoms with van der Waals surface area (Å²) in [5, 5.41) is 17.5. The highest BCUT2D eigenvalue weighted by molar-refractivity contribution is 7.98. The third-order valence-electron chi connectivity index (χ3n) is 3.02. The fourth-order valence-corrected chi connectivity index (χ4v) is 2.47. The number of carboxylic acids is 1. The third kappa shape index (κ3) is 4.32. The molecule has 0 radical (unpaired) electrons. The zero-order valence-electron chi connectivity index (χ0n) is 12.1. The van der Waals surface area contributed by atoms with Crippen LogP contribution in [-0.4, -0.2) is 47.6 Å². The molecule has 7 nitrogen and oxygen atoms in total. The van der Waals surface area contributed by atoms with E-state index in [9.17, 15) is 4.79 Å². The van der Waals surface area contributed by atoms with E-state index in [-0.39, 0.29) is 12.5 Å². The second-order valence-electron chi connectivity index (χ2n) is 4.81. The van der Waals surface area contributed by atoms with Crippen molar-refractivity contribution in [3.8, 4) is 0 Å². The lowest BCUT2D eigenvalue weighted by Gasteiger charge is -2.11. The van der Waals surface area contributed by atoms with Gasteiger partial charge in [-0.1, -0.05) is 6.92 Å². The zero-order chi connectivity index (χ0) is 15.2. The van der Waals surface area contributed by atoms with Gasteiger partial charge in [0, 0.05) is 30.5 Å². The summed E-state index contributed by atoms with van der Waals surface area (Å²) >= 11 is 1.72. The van der Waals surface area contributed by atoms with E-state index in [0.29, 0.717) is 18.2 Å². The van der Waals surface area contributed by atoms with Crippen molar-refractivity contribution in [2.75, 3.05) is 12.0 Å². The molecule has 0 aliphatic carbocycles. The topological polar surface area (TPSA) is 85.8 Å². The Labute approximate surface area is 127 Å². The number of aryl methyl sites for hydroxylation is 1. The number of aliphatic carboxylic acids is 1. The molecule has 0 fully saturated rings. The number of hydrogen-bond donors (Lipinski definition) is 1. The molecule has 0 bridgehead atoms. The molecule has 2 aromatic heterocycles. The van der Waals surface area contributed by atoms with E-state index in [4.69, 9.17) is 5.11 Å². The molecule has 21 heavy (non-hydrogen) atoms. The number of carbonyl (C=O) groups is 1. The summed E-state index contributed by atoms with van der Waals surface area (Å²) in [6, 6.07) is 1.86. The minimum absolute atomic E-state index is 0.0415. The summed E-state index contributed by atoms with van der Waals surface area (Å²) in [4.78, 5) is 15.5. The molecule has 0 saturated carbocycles. The van der Waals surface area contributed by atoms with Gasteiger partial charge in [-0.05, 0) is 12.3 Å². The zero-order valence-corrected chi connectivity index (χ0v) is 13.0. The van der Waals surface area contributed by atoms with Crippen molar-refractivity contribution in [2.24, 2.45) is 0 Å². The fraction of sp³-hybridized carbons (Fsp3) is 0.538. The Morgan fingerprint density at radius 3 is 2.95 bits per heavy atom. The average Bonchev–Trinajstić information content (AvgIpc) is 3.05. The smallest absolute Gasteiger partial charge is 0.325 e. The van der Waals surface area contributed by atoms with Crippen molar-refractivity contribution in [2.45, 2.75) is 32.4 Å². The van der Waals surface area contributed by atoms with Gasteiger partial charge in [0.15, 0.2) is 5.82 Å². The van der Waals surface area contributed by atoms with E-state index >= 15 is 0 Å². The maximum Gasteiger partial charge on any atom is 0.325 e. The highest BCUT2D eigenvalue weighted by Crippen LogP contribution is 2.16. The van der Waals surface area contributed by atoms with Crippen LogP contribution in [0, 0.1) is 0 Å². The molecular formula is C13H19N5O2S. The molecule has 1 N–H and O–H groups in total. The van der Waals surface area contributed by atoms with E-state index in [0.717, 1.165) is 12.2 Å². The molecule has 0 aliphatic rings. The lowest BCUT2D eigenvalue weighted by Crippen LogP contribution is -2.17. The summed E-state index contributed by atoms with van der Waals surface area (Å²) in [6.45, 7) is 2.49. The van der Waals surface area contributed by atoms with Gasteiger partial charge in [0.25, 0.3) is 0 Å². The van der Waals surface area contributed by atoms with Gasteiger partial charge in [0.05, 0.1) is 6.54 Å². The molecule has 114 valence electrons. The van der Waals surface area contributed by atoms with Gasteiger partial charge in [-0.25, -0.2) is 9.67 Å². The summed E-state index contributed by atoms with van der Waals surface area (Å²) in [6.07, 6.45) is 6.37. The summed E-state index contributed by atoms with van der Waals surface area (Å²) in [5.41, 5.74) is 0. The monoisotopic (exact) mass is 309 g/mol. The van der Waals surface area contributed by atoms with Gasteiger partial charge in [-0.2, -0.15) is 22.0 Å². The number of nitrogens with zero attached hydrogens (tertiary/aromatic N) is 5. The van der Waals surface area contributed by atoms with Gasteiger partial charge in [0.2, 0.25) is 0 Å². The average molecular weight is 309 g/mol. The first kappa shape index (κ1) is 15.6. The van der Waals surface area contributed by atoms with Gasteiger partial charge in [0.1, 0.15) is 12.4 Å². The standard InChI is InChI=1S/C13H19N5O2S/c1-10(8-17-6-3-5-14-17)13-15-11(4-7-21-2)16-18(13)9-12(19)20/h3,5-6,10H,4,7-9H2,1-2H3,(H,19,20)/t10-/m1/s1. The molecule has 2 rings (SSSR count). The third-order valence-corrected chi connectivity index (χ3v) is 3.63. The van der Waals surface area contributed by atoms with Crippen LogP contribution in [0.4, 0.5) is 0 Å². The van der Waals surface area contributed by atoms with E-state index in [1.807, 2.05) is 30.1 Å². The van der Waals surface area contributed by atoms with Crippen molar-refractivity contribution < 1.29 is 9.90 Å². The second kappa shape index (κ2) is 7.26. The van der Waals surface area contributed by atoms with Crippen molar-refractivity contribution >= 4 is 17.7 Å². The van der Waals surface area contributed by atoms with Crippen LogP contribution in [0.3, 0.4) is 0 Å². The van der Waals surface area contributed by atoms with Crippen LogP contribution in [0.5, 0.6) is 0 Å². The van der Waals surface area contributed by atoms with Crippen LogP contribution in [-0.2, 0) is 24.3 Å². The molecule has 0 unspecified atom stereocenters. The normalized spacial score (nSPS) is 12.5. The van der Waals surface area contributed by atoms with Crippen molar-refractivity contribution in [3.05, 3.63) is 30.1 Å². The van der Waals surface area contributed by atoms with Crippen LogP contribution >= 0.6 is 11.8 Å². The molecule has 2 aromatic rings. The van der Waals surface area contributed by atoms with Crippen LogP contribution in [0.25, 0.3) is 0 Å². The largest absolute Gasteiger partial charge is 0.480 e. The van der Waals surface area contributed by atoms with E-state index in [1.54, 1.807) is 18.0 Å². The van der Waals surface area contributed by atoms with Gasteiger partial charge >= 0.3 is 5.97 Å². The van der Waals surface area contributed by atoms with Crippen LogP contribution in [0.2, 0.25) is 0 Å². The predicted octanol–water partition coefficient (Wildman–Crippen LogP) is 1.27. The van der Waals surface area contributed by atoms with Crippen LogP contribution in [0.15, 0.2) is 18.5 Å². The maximum atomic E-state index is 11.0. The summed E-state index contributed by atoms with van der Waals surface area (Å²) in [7, 11) is 0. The first-order valence-corrected chi connectivity index (χ1v) is 8.11. The van der Waals surface area contributed by atoms with Gasteiger partial charge in [-0.3, -0.25) is 9.48 Å². The molecule has 0 saturated heterocycles. The number of rotatable bonds is 8. The number of hydrogen-bond acceptors (Lipinski definition) is 5. The van der Waals surface area contributed by atoms with E-state index < -0.39 is 5.97 Å². The molecule has 0 spiro atoms. The number of aromatic nitrogens is 5. The fourth-order valence-electron chi connectivity index (χ4n) is 2.08. The Morgan fingerprint density at radius 2 is 2.33 bits per heavy atom. The van der Waals surface area contributed by atoms with E-state index in [1.165, 1.54) is 4.68 Å². The molecule has 0 amide bonds. The quantitative estimate of drug-likeness (QED) is 0.790. The van der Waals surface area contributed by atoms with Gasteiger partial charge in [-0.15, -0.1) is 0 Å². The molecule has 0 aliphatic heterocycles. The van der Waals surface area contributed by atoms with Gasteiger partial charge < -0.3 is 5.11 Å². The Bertz CT molecular complexity index is 581. The van der Waals surface area contributed by atoms with Crippen LogP contribution in [0.1, 0.15) is 24.5 Å². The Hall–Kier alpha value is -1.83. The SMILES string of the molecule is CSCCc1nc([C@H](C)Cn2cccn2)n(CC(=O)O)n1. The minimum Gasteiger partial charge on any atom is -0.480 e. The van der Waals surface area contributed by atoms with Crippen molar-refractivity contribution in [1.29, 1.82) is 0 Å². The molecule has 2 heterocycles. The number of carboxylic acid groups (broad SMARTS) is 1. The minimum atomic E-state index is -0.913.